The SMILES string of the molecule is CN(CC(F)(F)F)S(=O)(=O)Cc1ccccc1N. The monoisotopic (exact) mass is 282 g/mol. The lowest BCUT2D eigenvalue weighted by Gasteiger charge is -2.19. The van der Waals surface area contributed by atoms with Crippen molar-refractivity contribution in [3.8, 4) is 0 Å². The first-order chi connectivity index (χ1) is 8.12. The summed E-state index contributed by atoms with van der Waals surface area (Å²) in [5, 5.41) is 0. The number of anilines is 1. The Hall–Kier alpha value is -1.28. The van der Waals surface area contributed by atoms with Gasteiger partial charge in [-0.15, -0.1) is 0 Å². The van der Waals surface area contributed by atoms with Crippen molar-refractivity contribution in [3.63, 3.8) is 0 Å². The average molecular weight is 282 g/mol. The first-order valence-electron chi connectivity index (χ1n) is 4.96. The molecule has 18 heavy (non-hydrogen) atoms. The van der Waals surface area contributed by atoms with Crippen molar-refractivity contribution in [3.05, 3.63) is 29.8 Å². The van der Waals surface area contributed by atoms with Gasteiger partial charge in [0.15, 0.2) is 0 Å². The van der Waals surface area contributed by atoms with E-state index in [1.807, 2.05) is 0 Å². The van der Waals surface area contributed by atoms with Gasteiger partial charge >= 0.3 is 6.18 Å². The first-order valence-corrected chi connectivity index (χ1v) is 6.57. The molecule has 0 amide bonds. The van der Waals surface area contributed by atoms with Crippen LogP contribution in [0.15, 0.2) is 24.3 Å². The highest BCUT2D eigenvalue weighted by Gasteiger charge is 2.34. The van der Waals surface area contributed by atoms with Crippen LogP contribution in [0.5, 0.6) is 0 Å². The smallest absolute Gasteiger partial charge is 0.398 e. The highest BCUT2D eigenvalue weighted by Crippen LogP contribution is 2.20. The fourth-order valence-corrected chi connectivity index (χ4v) is 2.54. The summed E-state index contributed by atoms with van der Waals surface area (Å²) in [4.78, 5) is 0. The second-order valence-corrected chi connectivity index (χ2v) is 5.90. The van der Waals surface area contributed by atoms with Crippen molar-refractivity contribution in [2.75, 3.05) is 19.3 Å². The van der Waals surface area contributed by atoms with E-state index < -0.39 is 28.5 Å². The highest BCUT2D eigenvalue weighted by atomic mass is 32.2. The molecule has 0 spiro atoms. The number of para-hydroxylation sites is 1. The van der Waals surface area contributed by atoms with E-state index in [9.17, 15) is 21.6 Å². The number of nitrogens with zero attached hydrogens (tertiary/aromatic N) is 1. The number of hydrogen-bond acceptors (Lipinski definition) is 3. The Morgan fingerprint density at radius 1 is 1.28 bits per heavy atom. The summed E-state index contributed by atoms with van der Waals surface area (Å²) in [5.74, 6) is -0.549. The molecule has 102 valence electrons. The summed E-state index contributed by atoms with van der Waals surface area (Å²) in [6, 6.07) is 6.15. The predicted octanol–water partition coefficient (Wildman–Crippen LogP) is 1.59. The van der Waals surface area contributed by atoms with Gasteiger partial charge in [0, 0.05) is 12.7 Å². The van der Waals surface area contributed by atoms with E-state index in [1.165, 1.54) is 12.1 Å². The Labute approximate surface area is 103 Å². The van der Waals surface area contributed by atoms with E-state index in [1.54, 1.807) is 12.1 Å². The van der Waals surface area contributed by atoms with E-state index in [-0.39, 0.29) is 15.6 Å². The second kappa shape index (κ2) is 5.15. The van der Waals surface area contributed by atoms with Crippen LogP contribution in [0.4, 0.5) is 18.9 Å². The molecule has 0 aromatic heterocycles. The lowest BCUT2D eigenvalue weighted by molar-refractivity contribution is -0.134. The molecule has 0 radical (unpaired) electrons. The van der Waals surface area contributed by atoms with Crippen LogP contribution in [0.1, 0.15) is 5.56 Å². The maximum Gasteiger partial charge on any atom is 0.402 e. The number of nitrogens with two attached hydrogens (primary N) is 1. The minimum atomic E-state index is -4.57. The normalized spacial score (nSPS) is 12.9. The number of benzene rings is 1. The Balaban J connectivity index is 2.86. The molecular formula is C10H13F3N2O2S. The molecule has 0 unspecified atom stereocenters. The molecule has 0 aliphatic heterocycles. The van der Waals surface area contributed by atoms with Gasteiger partial charge in [0.2, 0.25) is 10.0 Å². The third-order valence-corrected chi connectivity index (χ3v) is 4.02. The Morgan fingerprint density at radius 2 is 1.83 bits per heavy atom. The van der Waals surface area contributed by atoms with E-state index >= 15 is 0 Å². The summed E-state index contributed by atoms with van der Waals surface area (Å²) in [6.07, 6.45) is -4.57. The van der Waals surface area contributed by atoms with Gasteiger partial charge in [0.1, 0.15) is 6.54 Å². The van der Waals surface area contributed by atoms with Crippen molar-refractivity contribution in [1.29, 1.82) is 0 Å². The zero-order valence-corrected chi connectivity index (χ0v) is 10.4. The van der Waals surface area contributed by atoms with Gasteiger partial charge in [-0.3, -0.25) is 0 Å². The maximum absolute atomic E-state index is 12.1. The van der Waals surface area contributed by atoms with E-state index in [2.05, 4.69) is 0 Å². The van der Waals surface area contributed by atoms with E-state index in [4.69, 9.17) is 5.73 Å². The molecule has 0 aliphatic carbocycles. The standard InChI is InChI=1S/C10H13F3N2O2S/c1-15(7-10(11,12)13)18(16,17)6-8-4-2-3-5-9(8)14/h2-5H,6-7,14H2,1H3. The molecule has 0 aliphatic rings. The van der Waals surface area contributed by atoms with Crippen LogP contribution >= 0.6 is 0 Å². The third-order valence-electron chi connectivity index (χ3n) is 2.27. The topological polar surface area (TPSA) is 63.4 Å². The van der Waals surface area contributed by atoms with E-state index in [0.29, 0.717) is 0 Å². The van der Waals surface area contributed by atoms with Gasteiger partial charge < -0.3 is 5.73 Å². The fraction of sp³-hybridized carbons (Fsp3) is 0.400. The molecule has 1 aromatic rings. The van der Waals surface area contributed by atoms with Crippen LogP contribution in [-0.4, -0.2) is 32.5 Å². The van der Waals surface area contributed by atoms with Gasteiger partial charge in [-0.1, -0.05) is 18.2 Å². The largest absolute Gasteiger partial charge is 0.402 e. The van der Waals surface area contributed by atoms with Crippen LogP contribution in [-0.2, 0) is 15.8 Å². The number of halogens is 3. The number of sulfonamides is 1. The van der Waals surface area contributed by atoms with Crippen molar-refractivity contribution >= 4 is 15.7 Å². The van der Waals surface area contributed by atoms with Crippen molar-refractivity contribution in [1.82, 2.24) is 4.31 Å². The molecule has 4 nitrogen and oxygen atoms in total. The molecule has 0 bridgehead atoms. The number of nitrogen functional groups attached to an aromatic ring is 1. The van der Waals surface area contributed by atoms with Gasteiger partial charge in [-0.25, -0.2) is 8.42 Å². The lowest BCUT2D eigenvalue weighted by atomic mass is 10.2. The molecule has 1 aromatic carbocycles. The summed E-state index contributed by atoms with van der Waals surface area (Å²) in [7, 11) is -3.14. The summed E-state index contributed by atoms with van der Waals surface area (Å²) < 4.78 is 60.0. The zero-order chi connectivity index (χ0) is 14.0. The molecule has 8 heteroatoms. The molecule has 0 atom stereocenters. The molecule has 2 N–H and O–H groups in total. The Kier molecular flexibility index (Phi) is 4.23. The van der Waals surface area contributed by atoms with Gasteiger partial charge in [0.25, 0.3) is 0 Å². The van der Waals surface area contributed by atoms with Crippen LogP contribution in [0, 0.1) is 0 Å². The Bertz CT molecular complexity index is 514. The van der Waals surface area contributed by atoms with Crippen LogP contribution < -0.4 is 5.73 Å². The van der Waals surface area contributed by atoms with Gasteiger partial charge in [-0.05, 0) is 11.6 Å². The second-order valence-electron chi connectivity index (χ2n) is 3.83. The molecule has 1 rings (SSSR count). The molecule has 0 saturated carbocycles. The lowest BCUT2D eigenvalue weighted by Crippen LogP contribution is -2.36. The highest BCUT2D eigenvalue weighted by molar-refractivity contribution is 7.88. The van der Waals surface area contributed by atoms with E-state index in [0.717, 1.165) is 7.05 Å². The van der Waals surface area contributed by atoms with Crippen molar-refractivity contribution in [2.24, 2.45) is 0 Å². The zero-order valence-electron chi connectivity index (χ0n) is 9.61. The molecule has 0 saturated heterocycles. The first kappa shape index (κ1) is 14.8. The minimum absolute atomic E-state index is 0.237. The Morgan fingerprint density at radius 3 is 2.33 bits per heavy atom. The number of alkyl halides is 3. The number of hydrogen-bond donors (Lipinski definition) is 1. The molecule has 0 heterocycles. The summed E-state index contributed by atoms with van der Waals surface area (Å²) in [5.41, 5.74) is 6.07. The van der Waals surface area contributed by atoms with Crippen molar-refractivity contribution in [2.45, 2.75) is 11.9 Å². The van der Waals surface area contributed by atoms with Crippen LogP contribution in [0.3, 0.4) is 0 Å². The third kappa shape index (κ3) is 4.19. The van der Waals surface area contributed by atoms with Gasteiger partial charge in [0.05, 0.1) is 5.75 Å². The maximum atomic E-state index is 12.1. The van der Waals surface area contributed by atoms with Crippen LogP contribution in [0.2, 0.25) is 0 Å². The fourth-order valence-electron chi connectivity index (χ4n) is 1.32. The quantitative estimate of drug-likeness (QED) is 0.853. The van der Waals surface area contributed by atoms with Crippen molar-refractivity contribution < 1.29 is 21.6 Å². The number of rotatable bonds is 4. The summed E-state index contributed by atoms with van der Waals surface area (Å²) in [6.45, 7) is -1.51. The molecule has 0 fully saturated rings. The average Bonchev–Trinajstić information content (AvgIpc) is 2.18. The predicted molar refractivity (Wildman–Crippen MR) is 62.2 cm³/mol. The summed E-state index contributed by atoms with van der Waals surface area (Å²) >= 11 is 0. The van der Waals surface area contributed by atoms with Crippen LogP contribution in [0.25, 0.3) is 0 Å². The molecular weight excluding hydrogens is 269 g/mol. The van der Waals surface area contributed by atoms with Gasteiger partial charge in [-0.2, -0.15) is 17.5 Å². The minimum Gasteiger partial charge on any atom is -0.398 e.